The van der Waals surface area contributed by atoms with Crippen molar-refractivity contribution >= 4 is 29.3 Å². The van der Waals surface area contributed by atoms with Crippen molar-refractivity contribution in [1.29, 1.82) is 0 Å². The molecule has 1 heterocycles. The third-order valence-electron chi connectivity index (χ3n) is 4.69. The number of benzene rings is 2. The Balaban J connectivity index is 1.58. The number of nitrogens with one attached hydrogen (secondary N) is 2. The topological polar surface area (TPSA) is 88.9 Å². The second-order valence-corrected chi connectivity index (χ2v) is 8.52. The van der Waals surface area contributed by atoms with E-state index < -0.39 is 46.7 Å². The second-order valence-electron chi connectivity index (χ2n) is 7.21. The van der Waals surface area contributed by atoms with Crippen LogP contribution in [0, 0.1) is 17.5 Å². The van der Waals surface area contributed by atoms with E-state index in [0.717, 1.165) is 23.4 Å². The lowest BCUT2D eigenvalue weighted by molar-refractivity contribution is -0.123. The van der Waals surface area contributed by atoms with Gasteiger partial charge in [-0.25, -0.2) is 13.2 Å². The van der Waals surface area contributed by atoms with Crippen LogP contribution in [0.25, 0.3) is 0 Å². The molecule has 0 bridgehead atoms. The number of thioether (sulfide) groups is 1. The molecule has 34 heavy (non-hydrogen) atoms. The molecular formula is C23H22F3N5O2S. The molecule has 7 nitrogen and oxygen atoms in total. The van der Waals surface area contributed by atoms with Gasteiger partial charge in [-0.2, -0.15) is 0 Å². The Morgan fingerprint density at radius 1 is 1.12 bits per heavy atom. The smallest absolute Gasteiger partial charge is 0.243 e. The Labute approximate surface area is 198 Å². The first-order valence-corrected chi connectivity index (χ1v) is 11.1. The number of aromatic nitrogens is 3. The highest BCUT2D eigenvalue weighted by molar-refractivity contribution is 8.00. The zero-order valence-corrected chi connectivity index (χ0v) is 19.0. The summed E-state index contributed by atoms with van der Waals surface area (Å²) in [5.74, 6) is -5.13. The molecule has 1 aromatic heterocycles. The highest BCUT2D eigenvalue weighted by Crippen LogP contribution is 2.24. The Morgan fingerprint density at radius 3 is 2.56 bits per heavy atom. The molecule has 0 saturated heterocycles. The molecule has 1 unspecified atom stereocenters. The zero-order valence-electron chi connectivity index (χ0n) is 18.2. The predicted molar refractivity (Wildman–Crippen MR) is 123 cm³/mol. The Bertz CT molecular complexity index is 1190. The largest absolute Gasteiger partial charge is 0.346 e. The molecular weight excluding hydrogens is 467 g/mol. The van der Waals surface area contributed by atoms with E-state index in [1.807, 2.05) is 34.9 Å². The van der Waals surface area contributed by atoms with Crippen molar-refractivity contribution in [1.82, 2.24) is 20.1 Å². The van der Waals surface area contributed by atoms with E-state index in [4.69, 9.17) is 0 Å². The van der Waals surface area contributed by atoms with E-state index >= 15 is 0 Å². The van der Waals surface area contributed by atoms with Crippen molar-refractivity contribution in [2.24, 2.45) is 0 Å². The van der Waals surface area contributed by atoms with Crippen LogP contribution in [-0.2, 0) is 22.6 Å². The maximum atomic E-state index is 13.7. The minimum Gasteiger partial charge on any atom is -0.346 e. The number of rotatable bonds is 10. The summed E-state index contributed by atoms with van der Waals surface area (Å²) >= 11 is 1.16. The lowest BCUT2D eigenvalue weighted by Crippen LogP contribution is -2.37. The molecule has 0 aliphatic heterocycles. The van der Waals surface area contributed by atoms with Crippen LogP contribution in [0.5, 0.6) is 0 Å². The molecule has 0 fully saturated rings. The van der Waals surface area contributed by atoms with Crippen molar-refractivity contribution in [2.75, 3.05) is 11.9 Å². The molecule has 3 aromatic rings. The maximum Gasteiger partial charge on any atom is 0.243 e. The van der Waals surface area contributed by atoms with Gasteiger partial charge >= 0.3 is 0 Å². The normalized spacial score (nSPS) is 11.6. The molecule has 2 N–H and O–H groups in total. The number of amides is 2. The SMILES string of the molecule is C=CCn1c(Cc2ccccc2)nnc1SC(C)C(=O)NCC(=O)Nc1ccc(F)c(F)c1F. The first-order valence-electron chi connectivity index (χ1n) is 10.2. The van der Waals surface area contributed by atoms with Gasteiger partial charge in [0.25, 0.3) is 0 Å². The van der Waals surface area contributed by atoms with Crippen molar-refractivity contribution in [3.63, 3.8) is 0 Å². The minimum absolute atomic E-state index is 0.452. The Hall–Kier alpha value is -3.60. The standard InChI is InChI=1S/C23H22F3N5O2S/c1-3-11-31-18(12-15-7-5-4-6-8-15)29-30-23(31)34-14(2)22(33)27-13-19(32)28-17-10-9-16(24)20(25)21(17)26/h3-10,14H,1,11-13H2,2H3,(H,27,33)(H,28,32). The summed E-state index contributed by atoms with van der Waals surface area (Å²) in [7, 11) is 0. The van der Waals surface area contributed by atoms with Crippen LogP contribution in [0.3, 0.4) is 0 Å². The first-order chi connectivity index (χ1) is 16.3. The van der Waals surface area contributed by atoms with Gasteiger partial charge in [0.15, 0.2) is 22.6 Å². The van der Waals surface area contributed by atoms with Gasteiger partial charge in [0, 0.05) is 13.0 Å². The fraction of sp³-hybridized carbons (Fsp3) is 0.217. The molecule has 11 heteroatoms. The number of carbonyl (C=O) groups excluding carboxylic acids is 2. The lowest BCUT2D eigenvalue weighted by Gasteiger charge is -2.13. The van der Waals surface area contributed by atoms with Crippen LogP contribution >= 0.6 is 11.8 Å². The summed E-state index contributed by atoms with van der Waals surface area (Å²) in [5.41, 5.74) is 0.537. The average Bonchev–Trinajstić information content (AvgIpc) is 3.19. The molecule has 0 saturated carbocycles. The van der Waals surface area contributed by atoms with Gasteiger partial charge in [-0.15, -0.1) is 16.8 Å². The summed E-state index contributed by atoms with van der Waals surface area (Å²) in [6, 6.07) is 11.3. The van der Waals surface area contributed by atoms with E-state index in [0.29, 0.717) is 30.0 Å². The van der Waals surface area contributed by atoms with Gasteiger partial charge in [-0.3, -0.25) is 9.59 Å². The molecule has 0 aliphatic rings. The molecule has 178 valence electrons. The van der Waals surface area contributed by atoms with Crippen LogP contribution in [0.2, 0.25) is 0 Å². The fourth-order valence-electron chi connectivity index (χ4n) is 2.97. The predicted octanol–water partition coefficient (Wildman–Crippen LogP) is 3.71. The second kappa shape index (κ2) is 11.5. The van der Waals surface area contributed by atoms with Crippen molar-refractivity contribution in [3.05, 3.63) is 84.0 Å². The van der Waals surface area contributed by atoms with E-state index in [1.165, 1.54) is 0 Å². The average molecular weight is 490 g/mol. The van der Waals surface area contributed by atoms with Crippen molar-refractivity contribution in [3.8, 4) is 0 Å². The van der Waals surface area contributed by atoms with Gasteiger partial charge in [0.2, 0.25) is 11.8 Å². The Kier molecular flexibility index (Phi) is 8.47. The summed E-state index contributed by atoms with van der Waals surface area (Å²) in [6.45, 7) is 5.36. The first kappa shape index (κ1) is 25.0. The molecule has 3 rings (SSSR count). The van der Waals surface area contributed by atoms with Gasteiger partial charge < -0.3 is 15.2 Å². The van der Waals surface area contributed by atoms with Gasteiger partial charge in [-0.1, -0.05) is 48.2 Å². The molecule has 0 spiro atoms. The van der Waals surface area contributed by atoms with Gasteiger partial charge in [0.1, 0.15) is 5.82 Å². The number of halogens is 3. The van der Waals surface area contributed by atoms with Crippen LogP contribution < -0.4 is 10.6 Å². The minimum atomic E-state index is -1.69. The quantitative estimate of drug-likeness (QED) is 0.258. The van der Waals surface area contributed by atoms with Gasteiger partial charge in [-0.05, 0) is 24.6 Å². The molecule has 0 radical (unpaired) electrons. The highest BCUT2D eigenvalue weighted by Gasteiger charge is 2.21. The number of nitrogens with zero attached hydrogens (tertiary/aromatic N) is 3. The number of allylic oxidation sites excluding steroid dienone is 1. The van der Waals surface area contributed by atoms with Crippen molar-refractivity contribution < 1.29 is 22.8 Å². The lowest BCUT2D eigenvalue weighted by atomic mass is 10.1. The summed E-state index contributed by atoms with van der Waals surface area (Å²) < 4.78 is 41.8. The zero-order chi connectivity index (χ0) is 24.7. The molecule has 2 aromatic carbocycles. The van der Waals surface area contributed by atoms with Crippen LogP contribution in [0.1, 0.15) is 18.3 Å². The summed E-state index contributed by atoms with van der Waals surface area (Å²) in [4.78, 5) is 24.5. The number of carbonyl (C=O) groups is 2. The Morgan fingerprint density at radius 2 is 1.85 bits per heavy atom. The summed E-state index contributed by atoms with van der Waals surface area (Å²) in [5, 5.41) is 12.8. The van der Waals surface area contributed by atoms with Crippen LogP contribution in [0.4, 0.5) is 18.9 Å². The van der Waals surface area contributed by atoms with E-state index in [2.05, 4.69) is 27.4 Å². The molecule has 2 amide bonds. The monoisotopic (exact) mass is 489 g/mol. The number of hydrogen-bond donors (Lipinski definition) is 2. The van der Waals surface area contributed by atoms with Gasteiger partial charge in [0.05, 0.1) is 17.5 Å². The number of hydrogen-bond acceptors (Lipinski definition) is 5. The molecule has 1 atom stereocenters. The highest BCUT2D eigenvalue weighted by atomic mass is 32.2. The van der Waals surface area contributed by atoms with Crippen LogP contribution in [-0.4, -0.2) is 38.4 Å². The number of anilines is 1. The summed E-state index contributed by atoms with van der Waals surface area (Å²) in [6.07, 6.45) is 2.26. The maximum absolute atomic E-state index is 13.7. The van der Waals surface area contributed by atoms with E-state index in [-0.39, 0.29) is 0 Å². The molecule has 0 aliphatic carbocycles. The van der Waals surface area contributed by atoms with E-state index in [9.17, 15) is 22.8 Å². The fourth-order valence-corrected chi connectivity index (χ4v) is 3.87. The third-order valence-corrected chi connectivity index (χ3v) is 5.77. The van der Waals surface area contributed by atoms with Crippen LogP contribution in [0.15, 0.2) is 60.3 Å². The van der Waals surface area contributed by atoms with E-state index in [1.54, 1.807) is 13.0 Å². The third kappa shape index (κ3) is 6.25. The van der Waals surface area contributed by atoms with Crippen molar-refractivity contribution in [2.45, 2.75) is 30.3 Å².